The van der Waals surface area contributed by atoms with Crippen LogP contribution >= 0.6 is 11.3 Å². The van der Waals surface area contributed by atoms with E-state index in [1.165, 1.54) is 12.1 Å². The molecular weight excluding hydrogens is 298 g/mol. The summed E-state index contributed by atoms with van der Waals surface area (Å²) in [5, 5.41) is 8.93. The topological polar surface area (TPSA) is 74.7 Å². The van der Waals surface area contributed by atoms with E-state index in [0.717, 1.165) is 43.4 Å². The average Bonchev–Trinajstić information content (AvgIpc) is 3.07. The minimum absolute atomic E-state index is 0.0727. The van der Waals surface area contributed by atoms with E-state index in [1.54, 1.807) is 4.31 Å². The molecule has 5 nitrogen and oxygen atoms in total. The van der Waals surface area contributed by atoms with Gasteiger partial charge < -0.3 is 5.11 Å². The first-order chi connectivity index (χ1) is 9.50. The van der Waals surface area contributed by atoms with E-state index >= 15 is 0 Å². The summed E-state index contributed by atoms with van der Waals surface area (Å²) < 4.78 is 27.2. The van der Waals surface area contributed by atoms with Gasteiger partial charge in [0.05, 0.1) is 0 Å². The highest BCUT2D eigenvalue weighted by atomic mass is 32.2. The van der Waals surface area contributed by atoms with Crippen LogP contribution in [0.4, 0.5) is 0 Å². The molecule has 1 aliphatic heterocycles. The smallest absolute Gasteiger partial charge is 0.345 e. The van der Waals surface area contributed by atoms with Crippen LogP contribution in [0.25, 0.3) is 0 Å². The first kappa shape index (κ1) is 14.0. The average molecular weight is 315 g/mol. The number of fused-ring (bicyclic) bond motifs is 1. The Balaban J connectivity index is 1.92. The van der Waals surface area contributed by atoms with Gasteiger partial charge in [-0.3, -0.25) is 0 Å². The van der Waals surface area contributed by atoms with E-state index in [9.17, 15) is 13.2 Å². The predicted molar refractivity (Wildman–Crippen MR) is 75.5 cm³/mol. The van der Waals surface area contributed by atoms with Crippen molar-refractivity contribution in [2.75, 3.05) is 6.54 Å². The maximum atomic E-state index is 12.7. The standard InChI is InChI=1S/C13H17NO4S2/c15-13(16)11-6-7-12(19-11)20(17,18)14-8-2-4-9-3-1-5-10(9)14/h6-7,9-10H,1-5,8H2,(H,15,16). The van der Waals surface area contributed by atoms with E-state index in [-0.39, 0.29) is 15.1 Å². The molecule has 2 atom stereocenters. The summed E-state index contributed by atoms with van der Waals surface area (Å²) >= 11 is 0.847. The molecule has 2 unspecified atom stereocenters. The second kappa shape index (κ2) is 5.13. The molecule has 1 aromatic rings. The van der Waals surface area contributed by atoms with Gasteiger partial charge in [-0.25, -0.2) is 13.2 Å². The highest BCUT2D eigenvalue weighted by molar-refractivity contribution is 7.91. The molecule has 0 radical (unpaired) electrons. The Morgan fingerprint density at radius 2 is 2.00 bits per heavy atom. The molecule has 0 amide bonds. The summed E-state index contributed by atoms with van der Waals surface area (Å²) in [7, 11) is -3.54. The van der Waals surface area contributed by atoms with Crippen LogP contribution in [0.5, 0.6) is 0 Å². The lowest BCUT2D eigenvalue weighted by molar-refractivity contribution is 0.0702. The molecule has 2 heterocycles. The largest absolute Gasteiger partial charge is 0.477 e. The Labute approximate surface area is 122 Å². The third-order valence-electron chi connectivity index (χ3n) is 4.30. The van der Waals surface area contributed by atoms with Crippen molar-refractivity contribution in [1.82, 2.24) is 4.31 Å². The van der Waals surface area contributed by atoms with Crippen LogP contribution in [-0.2, 0) is 10.0 Å². The zero-order valence-corrected chi connectivity index (χ0v) is 12.6. The highest BCUT2D eigenvalue weighted by Gasteiger charge is 2.41. The number of rotatable bonds is 3. The van der Waals surface area contributed by atoms with Crippen molar-refractivity contribution >= 4 is 27.3 Å². The minimum Gasteiger partial charge on any atom is -0.477 e. The molecule has 110 valence electrons. The fraction of sp³-hybridized carbons (Fsp3) is 0.615. The van der Waals surface area contributed by atoms with Crippen molar-refractivity contribution in [2.45, 2.75) is 42.4 Å². The Morgan fingerprint density at radius 3 is 2.70 bits per heavy atom. The molecule has 20 heavy (non-hydrogen) atoms. The monoisotopic (exact) mass is 315 g/mol. The van der Waals surface area contributed by atoms with Gasteiger partial charge in [-0.05, 0) is 43.7 Å². The van der Waals surface area contributed by atoms with Crippen LogP contribution in [0.3, 0.4) is 0 Å². The number of carboxylic acid groups (broad SMARTS) is 1. The SMILES string of the molecule is O=C(O)c1ccc(S(=O)(=O)N2CCCC3CCCC32)s1. The summed E-state index contributed by atoms with van der Waals surface area (Å²) in [6, 6.07) is 2.90. The van der Waals surface area contributed by atoms with Gasteiger partial charge in [0, 0.05) is 12.6 Å². The van der Waals surface area contributed by atoms with Crippen molar-refractivity contribution in [1.29, 1.82) is 0 Å². The van der Waals surface area contributed by atoms with Gasteiger partial charge in [-0.1, -0.05) is 6.42 Å². The Kier molecular flexibility index (Phi) is 3.60. The molecule has 0 aromatic carbocycles. The first-order valence-electron chi connectivity index (χ1n) is 6.85. The van der Waals surface area contributed by atoms with Gasteiger partial charge in [-0.2, -0.15) is 4.31 Å². The molecule has 1 aromatic heterocycles. The molecule has 1 N–H and O–H groups in total. The Morgan fingerprint density at radius 1 is 1.25 bits per heavy atom. The van der Waals surface area contributed by atoms with E-state index in [4.69, 9.17) is 5.11 Å². The zero-order chi connectivity index (χ0) is 14.3. The van der Waals surface area contributed by atoms with Gasteiger partial charge >= 0.3 is 5.97 Å². The number of hydrogen-bond donors (Lipinski definition) is 1. The number of carboxylic acids is 1. The van der Waals surface area contributed by atoms with Gasteiger partial charge in [0.1, 0.15) is 9.09 Å². The van der Waals surface area contributed by atoms with Gasteiger partial charge in [0.15, 0.2) is 0 Å². The van der Waals surface area contributed by atoms with Crippen molar-refractivity contribution in [2.24, 2.45) is 5.92 Å². The number of hydrogen-bond acceptors (Lipinski definition) is 4. The number of aromatic carboxylic acids is 1. The summed E-state index contributed by atoms with van der Waals surface area (Å²) in [4.78, 5) is 11.0. The van der Waals surface area contributed by atoms with Crippen molar-refractivity contribution < 1.29 is 18.3 Å². The summed E-state index contributed by atoms with van der Waals surface area (Å²) in [5.74, 6) is -0.591. The van der Waals surface area contributed by atoms with E-state index in [2.05, 4.69) is 0 Å². The molecule has 1 saturated heterocycles. The molecule has 0 spiro atoms. The number of nitrogens with zero attached hydrogens (tertiary/aromatic N) is 1. The van der Waals surface area contributed by atoms with Crippen LogP contribution in [-0.4, -0.2) is 36.4 Å². The van der Waals surface area contributed by atoms with Crippen LogP contribution in [0.15, 0.2) is 16.3 Å². The minimum atomic E-state index is -3.54. The molecule has 7 heteroatoms. The fourth-order valence-corrected chi connectivity index (χ4v) is 6.42. The number of sulfonamides is 1. The van der Waals surface area contributed by atoms with Gasteiger partial charge in [0.2, 0.25) is 0 Å². The lowest BCUT2D eigenvalue weighted by atomic mass is 9.94. The molecular formula is C13H17NO4S2. The van der Waals surface area contributed by atoms with E-state index in [0.29, 0.717) is 12.5 Å². The van der Waals surface area contributed by atoms with Gasteiger partial charge in [-0.15, -0.1) is 11.3 Å². The zero-order valence-electron chi connectivity index (χ0n) is 11.0. The number of carbonyl (C=O) groups is 1. The summed E-state index contributed by atoms with van der Waals surface area (Å²) in [6.45, 7) is 0.559. The Bertz CT molecular complexity index is 622. The summed E-state index contributed by atoms with van der Waals surface area (Å²) in [6.07, 6.45) is 5.15. The van der Waals surface area contributed by atoms with Crippen molar-refractivity contribution in [3.63, 3.8) is 0 Å². The normalized spacial score (nSPS) is 27.4. The molecule has 1 saturated carbocycles. The molecule has 3 rings (SSSR count). The van der Waals surface area contributed by atoms with Gasteiger partial charge in [0.25, 0.3) is 10.0 Å². The maximum absolute atomic E-state index is 12.7. The van der Waals surface area contributed by atoms with Crippen LogP contribution in [0.2, 0.25) is 0 Å². The third kappa shape index (κ3) is 2.27. The van der Waals surface area contributed by atoms with E-state index in [1.807, 2.05) is 0 Å². The molecule has 0 bridgehead atoms. The Hall–Kier alpha value is -0.920. The molecule has 2 fully saturated rings. The third-order valence-corrected chi connectivity index (χ3v) is 7.76. The van der Waals surface area contributed by atoms with E-state index < -0.39 is 16.0 Å². The van der Waals surface area contributed by atoms with Crippen molar-refractivity contribution in [3.05, 3.63) is 17.0 Å². The van der Waals surface area contributed by atoms with Crippen LogP contribution < -0.4 is 0 Å². The van der Waals surface area contributed by atoms with Crippen LogP contribution in [0.1, 0.15) is 41.8 Å². The molecule has 1 aliphatic carbocycles. The summed E-state index contributed by atoms with van der Waals surface area (Å²) in [5.41, 5.74) is 0. The van der Waals surface area contributed by atoms with Crippen LogP contribution in [0, 0.1) is 5.92 Å². The van der Waals surface area contributed by atoms with Crippen molar-refractivity contribution in [3.8, 4) is 0 Å². The number of piperidine rings is 1. The second-order valence-corrected chi connectivity index (χ2v) is 8.64. The quantitative estimate of drug-likeness (QED) is 0.929. The fourth-order valence-electron chi connectivity index (χ4n) is 3.40. The number of thiophene rings is 1. The first-order valence-corrected chi connectivity index (χ1v) is 9.11. The lowest BCUT2D eigenvalue weighted by Crippen LogP contribution is -2.45. The predicted octanol–water partition coefficient (Wildman–Crippen LogP) is 2.40. The highest BCUT2D eigenvalue weighted by Crippen LogP contribution is 2.40. The molecule has 2 aliphatic rings. The maximum Gasteiger partial charge on any atom is 0.345 e. The second-order valence-electron chi connectivity index (χ2n) is 5.44. The lowest BCUT2D eigenvalue weighted by Gasteiger charge is -2.36.